The Labute approximate surface area is 183 Å². The molecule has 1 fully saturated rings. The number of allylic oxidation sites excluding steroid dienone is 2. The molecule has 0 radical (unpaired) electrons. The van der Waals surface area contributed by atoms with Crippen LogP contribution in [0.4, 0.5) is 5.82 Å². The van der Waals surface area contributed by atoms with Crippen LogP contribution in [0.3, 0.4) is 0 Å². The van der Waals surface area contributed by atoms with Gasteiger partial charge in [-0.1, -0.05) is 25.0 Å². The van der Waals surface area contributed by atoms with Crippen LogP contribution in [0.5, 0.6) is 0 Å². The van der Waals surface area contributed by atoms with E-state index in [4.69, 9.17) is 4.99 Å². The van der Waals surface area contributed by atoms with Crippen molar-refractivity contribution < 1.29 is 0 Å². The minimum absolute atomic E-state index is 0.346. The molecule has 158 valence electrons. The second-order valence-electron chi connectivity index (χ2n) is 7.82. The zero-order chi connectivity index (χ0) is 21.5. The van der Waals surface area contributed by atoms with Crippen molar-refractivity contribution in [3.05, 3.63) is 71.5 Å². The first-order valence-corrected chi connectivity index (χ1v) is 10.8. The van der Waals surface area contributed by atoms with E-state index < -0.39 is 0 Å². The molecule has 2 aromatic rings. The number of hydrogen-bond donors (Lipinski definition) is 3. The van der Waals surface area contributed by atoms with Gasteiger partial charge in [-0.3, -0.25) is 4.98 Å². The average molecular weight is 414 g/mol. The van der Waals surface area contributed by atoms with Gasteiger partial charge in [-0.15, -0.1) is 0 Å². The van der Waals surface area contributed by atoms with Crippen molar-refractivity contribution in [1.29, 1.82) is 5.26 Å². The van der Waals surface area contributed by atoms with E-state index in [1.165, 1.54) is 18.4 Å². The molecule has 0 bridgehead atoms. The molecule has 0 amide bonds. The summed E-state index contributed by atoms with van der Waals surface area (Å²) >= 11 is 0. The van der Waals surface area contributed by atoms with E-state index in [-0.39, 0.29) is 0 Å². The Kier molecular flexibility index (Phi) is 6.58. The molecule has 2 aromatic heterocycles. The highest BCUT2D eigenvalue weighted by Gasteiger charge is 2.20. The van der Waals surface area contributed by atoms with Crippen molar-refractivity contribution in [1.82, 2.24) is 20.6 Å². The first kappa shape index (κ1) is 20.6. The number of pyridine rings is 2. The van der Waals surface area contributed by atoms with E-state index in [2.05, 4.69) is 38.1 Å². The van der Waals surface area contributed by atoms with E-state index in [9.17, 15) is 5.26 Å². The van der Waals surface area contributed by atoms with Crippen molar-refractivity contribution >= 4 is 17.4 Å². The summed E-state index contributed by atoms with van der Waals surface area (Å²) in [5.41, 5.74) is 3.99. The third-order valence-electron chi connectivity index (χ3n) is 5.51. The minimum Gasteiger partial charge on any atom is -0.370 e. The molecular weight excluding hydrogens is 386 g/mol. The fourth-order valence-electron chi connectivity index (χ4n) is 3.84. The molecule has 0 saturated heterocycles. The average Bonchev–Trinajstić information content (AvgIpc) is 3.31. The van der Waals surface area contributed by atoms with Gasteiger partial charge in [0.15, 0.2) is 5.96 Å². The van der Waals surface area contributed by atoms with Crippen LogP contribution < -0.4 is 16.0 Å². The van der Waals surface area contributed by atoms with E-state index >= 15 is 0 Å². The lowest BCUT2D eigenvalue weighted by molar-refractivity contribution is 0.696. The number of nitrogens with one attached hydrogen (secondary N) is 3. The SMILES string of the molecule is CC1=CNC(=NC2CCCC2)N/C1=C(/C#N)c1cccc(NCCc2cccnc2)n1. The van der Waals surface area contributed by atoms with Gasteiger partial charge in [-0.2, -0.15) is 5.26 Å². The van der Waals surface area contributed by atoms with Crippen molar-refractivity contribution in [2.24, 2.45) is 4.99 Å². The molecule has 2 aliphatic rings. The van der Waals surface area contributed by atoms with Crippen LogP contribution in [0.25, 0.3) is 5.57 Å². The molecule has 4 rings (SSSR count). The Hall–Kier alpha value is -3.66. The Balaban J connectivity index is 1.51. The Morgan fingerprint density at radius 3 is 2.90 bits per heavy atom. The third-order valence-corrected chi connectivity index (χ3v) is 5.51. The lowest BCUT2D eigenvalue weighted by Gasteiger charge is -2.22. The maximum atomic E-state index is 9.93. The summed E-state index contributed by atoms with van der Waals surface area (Å²) in [6.07, 6.45) is 11.1. The number of nitriles is 1. The first-order chi connectivity index (χ1) is 15.2. The summed E-state index contributed by atoms with van der Waals surface area (Å²) in [4.78, 5) is 13.6. The summed E-state index contributed by atoms with van der Waals surface area (Å²) in [5, 5.41) is 19.8. The van der Waals surface area contributed by atoms with Gasteiger partial charge < -0.3 is 16.0 Å². The number of aliphatic imine (C=N–C) groups is 1. The highest BCUT2D eigenvalue weighted by atomic mass is 15.2. The van der Waals surface area contributed by atoms with Crippen LogP contribution in [0, 0.1) is 11.3 Å². The van der Waals surface area contributed by atoms with Crippen LogP contribution in [0.1, 0.15) is 43.9 Å². The summed E-state index contributed by atoms with van der Waals surface area (Å²) in [6.45, 7) is 2.70. The monoisotopic (exact) mass is 413 g/mol. The largest absolute Gasteiger partial charge is 0.370 e. The van der Waals surface area contributed by atoms with Gasteiger partial charge in [0.2, 0.25) is 0 Å². The Bertz CT molecular complexity index is 1040. The fraction of sp³-hybridized carbons (Fsp3) is 0.333. The second kappa shape index (κ2) is 9.90. The number of nitrogens with zero attached hydrogens (tertiary/aromatic N) is 4. The maximum absolute atomic E-state index is 9.93. The lowest BCUT2D eigenvalue weighted by atomic mass is 10.0. The first-order valence-electron chi connectivity index (χ1n) is 10.8. The molecule has 3 heterocycles. The molecular formula is C24H27N7. The third kappa shape index (κ3) is 5.28. The molecule has 0 unspecified atom stereocenters. The fourth-order valence-corrected chi connectivity index (χ4v) is 3.84. The van der Waals surface area contributed by atoms with Gasteiger partial charge in [0.05, 0.1) is 17.4 Å². The van der Waals surface area contributed by atoms with Crippen LogP contribution in [0.2, 0.25) is 0 Å². The number of rotatable bonds is 6. The molecule has 1 aliphatic carbocycles. The molecule has 0 spiro atoms. The van der Waals surface area contributed by atoms with Crippen LogP contribution >= 0.6 is 0 Å². The Morgan fingerprint density at radius 2 is 2.13 bits per heavy atom. The second-order valence-corrected chi connectivity index (χ2v) is 7.82. The minimum atomic E-state index is 0.346. The molecule has 1 aliphatic heterocycles. The molecule has 31 heavy (non-hydrogen) atoms. The highest BCUT2D eigenvalue weighted by Crippen LogP contribution is 2.24. The van der Waals surface area contributed by atoms with Gasteiger partial charge in [0.25, 0.3) is 0 Å². The zero-order valence-corrected chi connectivity index (χ0v) is 17.7. The van der Waals surface area contributed by atoms with Gasteiger partial charge in [0, 0.05) is 25.1 Å². The van der Waals surface area contributed by atoms with E-state index in [0.717, 1.165) is 42.9 Å². The highest BCUT2D eigenvalue weighted by molar-refractivity contribution is 5.91. The van der Waals surface area contributed by atoms with Crippen LogP contribution in [0.15, 0.2) is 65.2 Å². The number of aromatic nitrogens is 2. The van der Waals surface area contributed by atoms with Gasteiger partial charge >= 0.3 is 0 Å². The molecule has 0 atom stereocenters. The van der Waals surface area contributed by atoms with Crippen molar-refractivity contribution in [2.45, 2.75) is 45.1 Å². The summed E-state index contributed by atoms with van der Waals surface area (Å²) in [5.74, 6) is 1.44. The standard InChI is InChI=1S/C24H27N7/c1-17-15-28-24(29-19-7-2-3-8-19)31-23(17)20(14-25)21-9-4-10-22(30-21)27-13-11-18-6-5-12-26-16-18/h4-6,9-10,12,15-16,19H,2-3,7-8,11,13H2,1H3,(H,27,30)(H2,28,29,31)/b23-20-. The molecule has 7 heteroatoms. The predicted octanol–water partition coefficient (Wildman–Crippen LogP) is 3.76. The quantitative estimate of drug-likeness (QED) is 0.624. The number of anilines is 1. The van der Waals surface area contributed by atoms with Crippen LogP contribution in [-0.2, 0) is 6.42 Å². The molecule has 0 aromatic carbocycles. The van der Waals surface area contributed by atoms with E-state index in [1.807, 2.05) is 43.6 Å². The molecule has 7 nitrogen and oxygen atoms in total. The zero-order valence-electron chi connectivity index (χ0n) is 17.7. The van der Waals surface area contributed by atoms with Gasteiger partial charge in [0.1, 0.15) is 17.5 Å². The lowest BCUT2D eigenvalue weighted by Crippen LogP contribution is -2.39. The van der Waals surface area contributed by atoms with Crippen LogP contribution in [-0.4, -0.2) is 28.5 Å². The maximum Gasteiger partial charge on any atom is 0.200 e. The summed E-state index contributed by atoms with van der Waals surface area (Å²) in [6, 6.07) is 12.4. The number of guanidine groups is 1. The summed E-state index contributed by atoms with van der Waals surface area (Å²) in [7, 11) is 0. The Morgan fingerprint density at radius 1 is 1.26 bits per heavy atom. The molecule has 3 N–H and O–H groups in total. The van der Waals surface area contributed by atoms with E-state index in [1.54, 1.807) is 6.20 Å². The van der Waals surface area contributed by atoms with Gasteiger partial charge in [-0.05, 0) is 55.5 Å². The predicted molar refractivity (Wildman–Crippen MR) is 123 cm³/mol. The van der Waals surface area contributed by atoms with Crippen molar-refractivity contribution in [2.75, 3.05) is 11.9 Å². The van der Waals surface area contributed by atoms with Crippen molar-refractivity contribution in [3.63, 3.8) is 0 Å². The van der Waals surface area contributed by atoms with Gasteiger partial charge in [-0.25, -0.2) is 9.98 Å². The number of hydrogen-bond acceptors (Lipinski definition) is 5. The normalized spacial score (nSPS) is 19.2. The van der Waals surface area contributed by atoms with E-state index in [0.29, 0.717) is 23.3 Å². The molecule has 1 saturated carbocycles. The summed E-state index contributed by atoms with van der Waals surface area (Å²) < 4.78 is 0. The smallest absolute Gasteiger partial charge is 0.200 e. The van der Waals surface area contributed by atoms with Crippen molar-refractivity contribution in [3.8, 4) is 6.07 Å². The topological polar surface area (TPSA) is 98.0 Å².